The highest BCUT2D eigenvalue weighted by Gasteiger charge is 2.27. The van der Waals surface area contributed by atoms with Gasteiger partial charge in [-0.1, -0.05) is 19.8 Å². The number of nitrogens with two attached hydrogens (primary N) is 1. The zero-order valence-electron chi connectivity index (χ0n) is 11.4. The lowest BCUT2D eigenvalue weighted by Crippen LogP contribution is -2.43. The summed E-state index contributed by atoms with van der Waals surface area (Å²) in [6, 6.07) is 0.299. The van der Waals surface area contributed by atoms with Crippen LogP contribution in [-0.2, 0) is 9.53 Å². The van der Waals surface area contributed by atoms with E-state index >= 15 is 0 Å². The fourth-order valence-corrected chi connectivity index (χ4v) is 2.71. The molecule has 2 aliphatic rings. The number of hydrogen-bond donors (Lipinski definition) is 2. The molecule has 18 heavy (non-hydrogen) atoms. The third-order valence-electron chi connectivity index (χ3n) is 4.13. The molecule has 4 nitrogen and oxygen atoms in total. The molecule has 0 aliphatic heterocycles. The summed E-state index contributed by atoms with van der Waals surface area (Å²) in [5, 5.41) is 3.28. The Kier molecular flexibility index (Phi) is 5.01. The summed E-state index contributed by atoms with van der Waals surface area (Å²) in [6.07, 6.45) is 8.46. The molecule has 3 unspecified atom stereocenters. The number of ether oxygens (including phenoxy) is 1. The van der Waals surface area contributed by atoms with Gasteiger partial charge in [0.1, 0.15) is 0 Å². The molecule has 2 fully saturated rings. The summed E-state index contributed by atoms with van der Waals surface area (Å²) in [7, 11) is 0. The van der Waals surface area contributed by atoms with E-state index in [4.69, 9.17) is 10.5 Å². The normalized spacial score (nSPS) is 30.1. The molecule has 3 atom stereocenters. The zero-order chi connectivity index (χ0) is 13.0. The van der Waals surface area contributed by atoms with Crippen molar-refractivity contribution in [1.29, 1.82) is 0 Å². The first kappa shape index (κ1) is 13.8. The fourth-order valence-electron chi connectivity index (χ4n) is 2.71. The highest BCUT2D eigenvalue weighted by Crippen LogP contribution is 2.26. The molecule has 0 heterocycles. The van der Waals surface area contributed by atoms with Gasteiger partial charge in [0.15, 0.2) is 0 Å². The maximum atomic E-state index is 11.3. The first-order chi connectivity index (χ1) is 8.66. The maximum absolute atomic E-state index is 11.3. The highest BCUT2D eigenvalue weighted by atomic mass is 16.5. The van der Waals surface area contributed by atoms with Crippen molar-refractivity contribution in [1.82, 2.24) is 5.32 Å². The van der Waals surface area contributed by atoms with Crippen molar-refractivity contribution >= 4 is 5.91 Å². The van der Waals surface area contributed by atoms with E-state index in [1.807, 2.05) is 0 Å². The molecule has 2 rings (SSSR count). The standard InChI is InChI=1S/C14H26N2O2/c1-10-4-2-3-5-13(10)18-9-8-12(14(15)17)16-11-6-7-11/h10-13,16H,2-9H2,1H3,(H2,15,17). The first-order valence-electron chi connectivity index (χ1n) is 7.34. The van der Waals surface area contributed by atoms with Gasteiger partial charge in [0.25, 0.3) is 0 Å². The van der Waals surface area contributed by atoms with E-state index in [1.165, 1.54) is 38.5 Å². The second-order valence-corrected chi connectivity index (χ2v) is 5.86. The largest absolute Gasteiger partial charge is 0.378 e. The minimum Gasteiger partial charge on any atom is -0.378 e. The number of nitrogens with one attached hydrogen (secondary N) is 1. The molecule has 0 spiro atoms. The Hall–Kier alpha value is -0.610. The molecule has 0 aromatic heterocycles. The number of rotatable bonds is 7. The number of carbonyl (C=O) groups excluding carboxylic acids is 1. The van der Waals surface area contributed by atoms with Gasteiger partial charge >= 0.3 is 0 Å². The lowest BCUT2D eigenvalue weighted by Gasteiger charge is -2.29. The third kappa shape index (κ3) is 4.25. The van der Waals surface area contributed by atoms with Gasteiger partial charge in [-0.15, -0.1) is 0 Å². The molecule has 0 radical (unpaired) electrons. The van der Waals surface area contributed by atoms with E-state index < -0.39 is 0 Å². The van der Waals surface area contributed by atoms with Gasteiger partial charge in [-0.05, 0) is 38.0 Å². The van der Waals surface area contributed by atoms with E-state index in [2.05, 4.69) is 12.2 Å². The Morgan fingerprint density at radius 3 is 2.67 bits per heavy atom. The first-order valence-corrected chi connectivity index (χ1v) is 7.34. The molecule has 104 valence electrons. The third-order valence-corrected chi connectivity index (χ3v) is 4.13. The van der Waals surface area contributed by atoms with Gasteiger partial charge in [0.2, 0.25) is 5.91 Å². The molecule has 0 bridgehead atoms. The van der Waals surface area contributed by atoms with Crippen LogP contribution in [0.1, 0.15) is 51.9 Å². The Labute approximate surface area is 110 Å². The van der Waals surface area contributed by atoms with Crippen LogP contribution >= 0.6 is 0 Å². The summed E-state index contributed by atoms with van der Waals surface area (Å²) in [5.74, 6) is 0.407. The van der Waals surface area contributed by atoms with Crippen LogP contribution < -0.4 is 11.1 Å². The van der Waals surface area contributed by atoms with Crippen LogP contribution in [0, 0.1) is 5.92 Å². The highest BCUT2D eigenvalue weighted by molar-refractivity contribution is 5.79. The number of primary amides is 1. The molecule has 0 aromatic carbocycles. The molecule has 0 saturated heterocycles. The number of hydrogen-bond acceptors (Lipinski definition) is 3. The van der Waals surface area contributed by atoms with Crippen LogP contribution in [0.4, 0.5) is 0 Å². The lowest BCUT2D eigenvalue weighted by molar-refractivity contribution is -0.120. The van der Waals surface area contributed by atoms with E-state index in [0.717, 1.165) is 0 Å². The Balaban J connectivity index is 1.66. The van der Waals surface area contributed by atoms with E-state index in [9.17, 15) is 4.79 Å². The molecular formula is C14H26N2O2. The van der Waals surface area contributed by atoms with Crippen LogP contribution in [-0.4, -0.2) is 30.7 Å². The van der Waals surface area contributed by atoms with Gasteiger partial charge in [0, 0.05) is 12.6 Å². The van der Waals surface area contributed by atoms with Crippen LogP contribution in [0.25, 0.3) is 0 Å². The van der Waals surface area contributed by atoms with Crippen LogP contribution in [0.2, 0.25) is 0 Å². The smallest absolute Gasteiger partial charge is 0.234 e. The number of carbonyl (C=O) groups is 1. The zero-order valence-corrected chi connectivity index (χ0v) is 11.4. The molecule has 1 amide bonds. The summed E-state index contributed by atoms with van der Waals surface area (Å²) < 4.78 is 5.93. The predicted molar refractivity (Wildman–Crippen MR) is 71.1 cm³/mol. The van der Waals surface area contributed by atoms with Gasteiger partial charge in [0.05, 0.1) is 12.1 Å². The quantitative estimate of drug-likeness (QED) is 0.725. The van der Waals surface area contributed by atoms with Crippen molar-refractivity contribution in [2.75, 3.05) is 6.61 Å². The minimum absolute atomic E-state index is 0.212. The Morgan fingerprint density at radius 1 is 1.33 bits per heavy atom. The molecule has 4 heteroatoms. The molecule has 2 saturated carbocycles. The van der Waals surface area contributed by atoms with Gasteiger partial charge in [-0.2, -0.15) is 0 Å². The molecule has 2 aliphatic carbocycles. The average Bonchev–Trinajstić information content (AvgIpc) is 3.14. The Morgan fingerprint density at radius 2 is 2.06 bits per heavy atom. The van der Waals surface area contributed by atoms with Crippen molar-refractivity contribution in [3.05, 3.63) is 0 Å². The van der Waals surface area contributed by atoms with Crippen LogP contribution in [0.15, 0.2) is 0 Å². The second kappa shape index (κ2) is 6.53. The van der Waals surface area contributed by atoms with Gasteiger partial charge in [-0.25, -0.2) is 0 Å². The summed E-state index contributed by atoms with van der Waals surface area (Å²) in [4.78, 5) is 11.3. The SMILES string of the molecule is CC1CCCCC1OCCC(NC1CC1)C(N)=O. The van der Waals surface area contributed by atoms with Crippen molar-refractivity contribution in [2.24, 2.45) is 11.7 Å². The maximum Gasteiger partial charge on any atom is 0.234 e. The fraction of sp³-hybridized carbons (Fsp3) is 0.929. The van der Waals surface area contributed by atoms with Crippen LogP contribution in [0.3, 0.4) is 0 Å². The lowest BCUT2D eigenvalue weighted by atomic mass is 9.88. The van der Waals surface area contributed by atoms with Crippen molar-refractivity contribution in [3.63, 3.8) is 0 Å². The molecule has 0 aromatic rings. The summed E-state index contributed by atoms with van der Waals surface area (Å²) in [6.45, 7) is 2.90. The van der Waals surface area contributed by atoms with Crippen molar-refractivity contribution in [3.8, 4) is 0 Å². The topological polar surface area (TPSA) is 64.3 Å². The molecular weight excluding hydrogens is 228 g/mol. The molecule has 3 N–H and O–H groups in total. The average molecular weight is 254 g/mol. The summed E-state index contributed by atoms with van der Waals surface area (Å²) in [5.41, 5.74) is 5.40. The minimum atomic E-state index is -0.248. The van der Waals surface area contributed by atoms with Crippen LogP contribution in [0.5, 0.6) is 0 Å². The van der Waals surface area contributed by atoms with E-state index in [1.54, 1.807) is 0 Å². The summed E-state index contributed by atoms with van der Waals surface area (Å²) >= 11 is 0. The van der Waals surface area contributed by atoms with Gasteiger partial charge < -0.3 is 15.8 Å². The second-order valence-electron chi connectivity index (χ2n) is 5.86. The van der Waals surface area contributed by atoms with Gasteiger partial charge in [-0.3, -0.25) is 4.79 Å². The Bertz CT molecular complexity index is 279. The predicted octanol–water partition coefficient (Wildman–Crippen LogP) is 1.58. The van der Waals surface area contributed by atoms with E-state index in [0.29, 0.717) is 31.1 Å². The van der Waals surface area contributed by atoms with E-state index in [-0.39, 0.29) is 11.9 Å². The number of amides is 1. The van der Waals surface area contributed by atoms with Crippen molar-refractivity contribution < 1.29 is 9.53 Å². The monoisotopic (exact) mass is 254 g/mol. The van der Waals surface area contributed by atoms with Crippen molar-refractivity contribution in [2.45, 2.75) is 70.1 Å².